The van der Waals surface area contributed by atoms with Crippen LogP contribution in [0.15, 0.2) is 43.0 Å². The Labute approximate surface area is 135 Å². The zero-order valence-corrected chi connectivity index (χ0v) is 13.8. The predicted octanol–water partition coefficient (Wildman–Crippen LogP) is 4.73. The van der Waals surface area contributed by atoms with Crippen molar-refractivity contribution in [1.29, 1.82) is 0 Å². The van der Waals surface area contributed by atoms with Crippen molar-refractivity contribution in [2.24, 2.45) is 0 Å². The molecule has 1 aromatic rings. The van der Waals surface area contributed by atoms with Crippen LogP contribution in [0.3, 0.4) is 0 Å². The van der Waals surface area contributed by atoms with Gasteiger partial charge in [-0.1, -0.05) is 49.8 Å². The fourth-order valence-corrected chi connectivity index (χ4v) is 4.26. The van der Waals surface area contributed by atoms with Crippen molar-refractivity contribution >= 4 is 0 Å². The minimum Gasteiger partial charge on any atom is -0.370 e. The topological polar surface area (TPSA) is 12.5 Å². The number of hydrogen-bond acceptors (Lipinski definition) is 2. The van der Waals surface area contributed by atoms with Gasteiger partial charge in [0.2, 0.25) is 0 Å². The van der Waals surface area contributed by atoms with E-state index in [1.807, 2.05) is 0 Å². The molecule has 0 N–H and O–H groups in total. The van der Waals surface area contributed by atoms with E-state index in [0.29, 0.717) is 18.2 Å². The largest absolute Gasteiger partial charge is 0.370 e. The van der Waals surface area contributed by atoms with Gasteiger partial charge >= 0.3 is 0 Å². The second-order valence-corrected chi connectivity index (χ2v) is 6.79. The molecule has 0 radical (unpaired) electrons. The van der Waals surface area contributed by atoms with Crippen molar-refractivity contribution in [3.05, 3.63) is 48.6 Å². The molecule has 0 saturated carbocycles. The zero-order chi connectivity index (χ0) is 15.4. The zero-order valence-electron chi connectivity index (χ0n) is 13.8. The van der Waals surface area contributed by atoms with Gasteiger partial charge in [-0.25, -0.2) is 0 Å². The van der Waals surface area contributed by atoms with E-state index in [-0.39, 0.29) is 6.10 Å². The summed E-state index contributed by atoms with van der Waals surface area (Å²) in [5.74, 6) is 0. The first-order valence-corrected chi connectivity index (χ1v) is 8.88. The molecule has 4 atom stereocenters. The van der Waals surface area contributed by atoms with Gasteiger partial charge in [-0.15, -0.1) is 6.58 Å². The van der Waals surface area contributed by atoms with Gasteiger partial charge in [0, 0.05) is 18.6 Å². The maximum Gasteiger partial charge on any atom is 0.0828 e. The van der Waals surface area contributed by atoms with Gasteiger partial charge in [-0.3, -0.25) is 4.90 Å². The molecule has 22 heavy (non-hydrogen) atoms. The van der Waals surface area contributed by atoms with Gasteiger partial charge in [0.25, 0.3) is 0 Å². The van der Waals surface area contributed by atoms with Crippen LogP contribution in [0.4, 0.5) is 0 Å². The molecule has 0 amide bonds. The van der Waals surface area contributed by atoms with Crippen LogP contribution < -0.4 is 0 Å². The standard InChI is InChI=1S/C20H29NO/c1-3-8-20(16-9-6-5-7-10-16)22-19-14-17-11-12-18(15-19)21(17)13-4-2/h4-7,9-10,17-20H,2-3,8,11-15H2,1H3/t17-,18+,19?,20?. The van der Waals surface area contributed by atoms with Crippen molar-refractivity contribution in [2.75, 3.05) is 6.54 Å². The lowest BCUT2D eigenvalue weighted by Gasteiger charge is -2.39. The van der Waals surface area contributed by atoms with Crippen molar-refractivity contribution < 1.29 is 4.74 Å². The molecule has 2 aliphatic heterocycles. The third-order valence-electron chi connectivity index (χ3n) is 5.26. The van der Waals surface area contributed by atoms with E-state index < -0.39 is 0 Å². The third-order valence-corrected chi connectivity index (χ3v) is 5.26. The summed E-state index contributed by atoms with van der Waals surface area (Å²) >= 11 is 0. The van der Waals surface area contributed by atoms with Crippen molar-refractivity contribution in [1.82, 2.24) is 4.90 Å². The summed E-state index contributed by atoms with van der Waals surface area (Å²) in [6.07, 6.45) is 10.1. The van der Waals surface area contributed by atoms with E-state index in [9.17, 15) is 0 Å². The monoisotopic (exact) mass is 299 g/mol. The highest BCUT2D eigenvalue weighted by Crippen LogP contribution is 2.38. The number of benzene rings is 1. The summed E-state index contributed by atoms with van der Waals surface area (Å²) in [5, 5.41) is 0. The number of ether oxygens (including phenoxy) is 1. The molecule has 3 rings (SSSR count). The second-order valence-electron chi connectivity index (χ2n) is 6.79. The number of piperidine rings is 1. The molecule has 2 aliphatic rings. The van der Waals surface area contributed by atoms with E-state index in [0.717, 1.165) is 13.0 Å². The summed E-state index contributed by atoms with van der Waals surface area (Å²) < 4.78 is 6.57. The first kappa shape index (κ1) is 15.8. The lowest BCUT2D eigenvalue weighted by atomic mass is 9.98. The van der Waals surface area contributed by atoms with Crippen LogP contribution in [0.25, 0.3) is 0 Å². The lowest BCUT2D eigenvalue weighted by Crippen LogP contribution is -2.45. The van der Waals surface area contributed by atoms with Crippen molar-refractivity contribution in [2.45, 2.75) is 69.7 Å². The van der Waals surface area contributed by atoms with E-state index >= 15 is 0 Å². The van der Waals surface area contributed by atoms with E-state index in [4.69, 9.17) is 4.74 Å². The van der Waals surface area contributed by atoms with Crippen LogP contribution >= 0.6 is 0 Å². The third kappa shape index (κ3) is 3.44. The predicted molar refractivity (Wildman–Crippen MR) is 91.9 cm³/mol. The first-order valence-electron chi connectivity index (χ1n) is 8.88. The average molecular weight is 299 g/mol. The van der Waals surface area contributed by atoms with Crippen LogP contribution in [-0.4, -0.2) is 29.6 Å². The fraction of sp³-hybridized carbons (Fsp3) is 0.600. The van der Waals surface area contributed by atoms with Gasteiger partial charge in [0.05, 0.1) is 12.2 Å². The molecule has 120 valence electrons. The van der Waals surface area contributed by atoms with Gasteiger partial charge in [-0.2, -0.15) is 0 Å². The lowest BCUT2D eigenvalue weighted by molar-refractivity contribution is -0.0635. The van der Waals surface area contributed by atoms with Gasteiger partial charge < -0.3 is 4.74 Å². The molecule has 1 aromatic carbocycles. The van der Waals surface area contributed by atoms with Gasteiger partial charge in [0.1, 0.15) is 0 Å². The molecule has 2 fully saturated rings. The number of fused-ring (bicyclic) bond motifs is 2. The molecule has 0 aliphatic carbocycles. The van der Waals surface area contributed by atoms with Crippen molar-refractivity contribution in [3.63, 3.8) is 0 Å². The fourth-order valence-electron chi connectivity index (χ4n) is 4.26. The smallest absolute Gasteiger partial charge is 0.0828 e. The molecule has 2 saturated heterocycles. The second kappa shape index (κ2) is 7.43. The quantitative estimate of drug-likeness (QED) is 0.675. The Hall–Kier alpha value is -1.12. The molecule has 2 heterocycles. The van der Waals surface area contributed by atoms with Crippen LogP contribution in [0.1, 0.15) is 57.1 Å². The Morgan fingerprint density at radius 1 is 1.23 bits per heavy atom. The van der Waals surface area contributed by atoms with Gasteiger partial charge in [-0.05, 0) is 37.7 Å². The van der Waals surface area contributed by atoms with Crippen LogP contribution in [0, 0.1) is 0 Å². The summed E-state index contributed by atoms with van der Waals surface area (Å²) in [4.78, 5) is 2.64. The Bertz CT molecular complexity index is 458. The summed E-state index contributed by atoms with van der Waals surface area (Å²) in [7, 11) is 0. The number of nitrogens with zero attached hydrogens (tertiary/aromatic N) is 1. The number of rotatable bonds is 7. The number of hydrogen-bond donors (Lipinski definition) is 0. The molecule has 2 bridgehead atoms. The first-order chi connectivity index (χ1) is 10.8. The molecule has 2 nitrogen and oxygen atoms in total. The van der Waals surface area contributed by atoms with Crippen LogP contribution in [0.2, 0.25) is 0 Å². The highest BCUT2D eigenvalue weighted by Gasteiger charge is 2.40. The Balaban J connectivity index is 1.64. The van der Waals surface area contributed by atoms with E-state index in [1.165, 1.54) is 37.7 Å². The molecule has 2 unspecified atom stereocenters. The highest BCUT2D eigenvalue weighted by molar-refractivity contribution is 5.17. The van der Waals surface area contributed by atoms with Crippen LogP contribution in [-0.2, 0) is 4.74 Å². The van der Waals surface area contributed by atoms with E-state index in [2.05, 4.69) is 54.8 Å². The highest BCUT2D eigenvalue weighted by atomic mass is 16.5. The Kier molecular flexibility index (Phi) is 5.32. The summed E-state index contributed by atoms with van der Waals surface area (Å²) in [6.45, 7) is 7.20. The average Bonchev–Trinajstić information content (AvgIpc) is 2.79. The minimum atomic E-state index is 0.265. The summed E-state index contributed by atoms with van der Waals surface area (Å²) in [6, 6.07) is 12.2. The minimum absolute atomic E-state index is 0.265. The maximum absolute atomic E-state index is 6.57. The van der Waals surface area contributed by atoms with Gasteiger partial charge in [0.15, 0.2) is 0 Å². The molecule has 0 aromatic heterocycles. The molecular formula is C20H29NO. The molecule has 2 heteroatoms. The Morgan fingerprint density at radius 3 is 2.50 bits per heavy atom. The molecular weight excluding hydrogens is 270 g/mol. The normalized spacial score (nSPS) is 29.4. The Morgan fingerprint density at radius 2 is 1.91 bits per heavy atom. The summed E-state index contributed by atoms with van der Waals surface area (Å²) in [5.41, 5.74) is 1.34. The van der Waals surface area contributed by atoms with Crippen LogP contribution in [0.5, 0.6) is 0 Å². The molecule has 0 spiro atoms. The SMILES string of the molecule is C=CCN1[C@@H]2CC[C@H]1CC(OC(CCC)c1ccccc1)C2. The maximum atomic E-state index is 6.57. The van der Waals surface area contributed by atoms with Crippen molar-refractivity contribution in [3.8, 4) is 0 Å². The van der Waals surface area contributed by atoms with E-state index in [1.54, 1.807) is 0 Å².